The molecule has 6 nitrogen and oxygen atoms in total. The van der Waals surface area contributed by atoms with Gasteiger partial charge in [0.15, 0.2) is 0 Å². The van der Waals surface area contributed by atoms with Crippen molar-refractivity contribution in [3.8, 4) is 0 Å². The molecule has 0 bridgehead atoms. The van der Waals surface area contributed by atoms with Crippen molar-refractivity contribution in [1.82, 2.24) is 20.3 Å². The summed E-state index contributed by atoms with van der Waals surface area (Å²) in [6, 6.07) is 0. The number of halogens is 3. The van der Waals surface area contributed by atoms with Crippen LogP contribution in [0.5, 0.6) is 0 Å². The van der Waals surface area contributed by atoms with Crippen LogP contribution in [-0.2, 0) is 22.6 Å². The van der Waals surface area contributed by atoms with Crippen LogP contribution in [-0.4, -0.2) is 33.0 Å². The number of rotatable bonds is 4. The van der Waals surface area contributed by atoms with Crippen molar-refractivity contribution in [2.45, 2.75) is 64.1 Å². The molecule has 3 aliphatic rings. The van der Waals surface area contributed by atoms with Gasteiger partial charge in [0.25, 0.3) is 0 Å². The molecule has 2 saturated carbocycles. The average molecular weight is 370 g/mol. The number of nitrogens with zero attached hydrogens (tertiary/aromatic N) is 3. The Hall–Kier alpha value is -1.93. The number of carbonyl (C=O) groups excluding carboxylic acids is 2. The summed E-state index contributed by atoms with van der Waals surface area (Å²) >= 11 is 0. The molecule has 1 aromatic heterocycles. The molecule has 2 amide bonds. The Morgan fingerprint density at radius 3 is 2.58 bits per heavy atom. The fourth-order valence-corrected chi connectivity index (χ4v) is 4.82. The van der Waals surface area contributed by atoms with Gasteiger partial charge in [0.1, 0.15) is 0 Å². The highest BCUT2D eigenvalue weighted by molar-refractivity contribution is 5.98. The minimum atomic E-state index is -4.26. The summed E-state index contributed by atoms with van der Waals surface area (Å²) in [5, 5.41) is 10.1. The van der Waals surface area contributed by atoms with E-state index in [0.717, 1.165) is 19.3 Å². The molecule has 9 heteroatoms. The van der Waals surface area contributed by atoms with Gasteiger partial charge in [0.2, 0.25) is 11.8 Å². The maximum atomic E-state index is 13.7. The Morgan fingerprint density at radius 1 is 1.27 bits per heavy atom. The van der Waals surface area contributed by atoms with Crippen molar-refractivity contribution in [2.75, 3.05) is 0 Å². The maximum Gasteiger partial charge on any atom is 0.396 e. The number of piperidine rings is 1. The van der Waals surface area contributed by atoms with Crippen LogP contribution in [0.4, 0.5) is 13.2 Å². The van der Waals surface area contributed by atoms with E-state index in [2.05, 4.69) is 15.6 Å². The Kier molecular flexibility index (Phi) is 3.89. The zero-order chi connectivity index (χ0) is 18.6. The van der Waals surface area contributed by atoms with Gasteiger partial charge in [-0.15, -0.1) is 5.10 Å². The number of alkyl halides is 3. The van der Waals surface area contributed by atoms with Gasteiger partial charge in [-0.3, -0.25) is 19.6 Å². The summed E-state index contributed by atoms with van der Waals surface area (Å²) in [5.74, 6) is -1.04. The lowest BCUT2D eigenvalue weighted by Crippen LogP contribution is -2.59. The molecule has 26 heavy (non-hydrogen) atoms. The molecule has 4 rings (SSSR count). The summed E-state index contributed by atoms with van der Waals surface area (Å²) in [6.45, 7) is -0.222. The Labute approximate surface area is 148 Å². The highest BCUT2D eigenvalue weighted by atomic mass is 19.4. The van der Waals surface area contributed by atoms with Crippen molar-refractivity contribution in [3.05, 3.63) is 11.9 Å². The first-order chi connectivity index (χ1) is 12.2. The first-order valence-corrected chi connectivity index (χ1v) is 9.00. The third-order valence-corrected chi connectivity index (χ3v) is 6.30. The van der Waals surface area contributed by atoms with Crippen LogP contribution in [0.2, 0.25) is 0 Å². The van der Waals surface area contributed by atoms with E-state index in [1.165, 1.54) is 10.9 Å². The third-order valence-electron chi connectivity index (χ3n) is 6.30. The molecule has 2 heterocycles. The molecule has 0 aromatic carbocycles. The smallest absolute Gasteiger partial charge is 0.296 e. The minimum Gasteiger partial charge on any atom is -0.296 e. The molecule has 1 saturated heterocycles. The first-order valence-electron chi connectivity index (χ1n) is 9.00. The van der Waals surface area contributed by atoms with Crippen molar-refractivity contribution >= 4 is 11.8 Å². The van der Waals surface area contributed by atoms with Crippen molar-refractivity contribution in [2.24, 2.45) is 16.7 Å². The predicted octanol–water partition coefficient (Wildman–Crippen LogP) is 2.39. The lowest BCUT2D eigenvalue weighted by molar-refractivity contribution is -0.300. The zero-order valence-corrected chi connectivity index (χ0v) is 14.3. The number of carbonyl (C=O) groups is 2. The lowest BCUT2D eigenvalue weighted by atomic mass is 9.45. The maximum absolute atomic E-state index is 13.7. The molecule has 1 aliphatic heterocycles. The standard InChI is InChI=1S/C17H21F3N4O2/c18-17(19,20)16(8-15(9-16)4-1-5-15)10-24-7-12(22-23-24)6-11-2-3-13(25)21-14(11)26/h7,11H,1-6,8-10H2,(H,21,25,26). The van der Waals surface area contributed by atoms with Gasteiger partial charge in [0, 0.05) is 25.0 Å². The summed E-state index contributed by atoms with van der Waals surface area (Å²) in [7, 11) is 0. The number of aromatic nitrogens is 3. The fraction of sp³-hybridized carbons (Fsp3) is 0.765. The predicted molar refractivity (Wildman–Crippen MR) is 83.6 cm³/mol. The minimum absolute atomic E-state index is 0.106. The summed E-state index contributed by atoms with van der Waals surface area (Å²) in [5.41, 5.74) is -1.34. The van der Waals surface area contributed by atoms with Crippen LogP contribution in [0.1, 0.15) is 50.6 Å². The van der Waals surface area contributed by atoms with E-state index in [0.29, 0.717) is 12.1 Å². The highest BCUT2D eigenvalue weighted by Gasteiger charge is 2.68. The van der Waals surface area contributed by atoms with E-state index in [9.17, 15) is 22.8 Å². The number of nitrogens with one attached hydrogen (secondary N) is 1. The summed E-state index contributed by atoms with van der Waals surface area (Å²) < 4.78 is 42.3. The quantitative estimate of drug-likeness (QED) is 0.826. The van der Waals surface area contributed by atoms with Gasteiger partial charge in [-0.25, -0.2) is 0 Å². The van der Waals surface area contributed by atoms with Gasteiger partial charge in [-0.1, -0.05) is 11.6 Å². The Balaban J connectivity index is 1.42. The first kappa shape index (κ1) is 17.5. The molecule has 3 fully saturated rings. The van der Waals surface area contributed by atoms with Crippen LogP contribution in [0.3, 0.4) is 0 Å². The molecular formula is C17H21F3N4O2. The second-order valence-electron chi connectivity index (χ2n) is 8.24. The molecule has 1 aromatic rings. The van der Waals surface area contributed by atoms with Gasteiger partial charge >= 0.3 is 6.18 Å². The van der Waals surface area contributed by atoms with Gasteiger partial charge in [0.05, 0.1) is 17.7 Å². The molecule has 1 N–H and O–H groups in total. The van der Waals surface area contributed by atoms with Crippen LogP contribution >= 0.6 is 0 Å². The van der Waals surface area contributed by atoms with Crippen LogP contribution in [0, 0.1) is 16.7 Å². The Morgan fingerprint density at radius 2 is 2.00 bits per heavy atom. The second kappa shape index (κ2) is 5.79. The second-order valence-corrected chi connectivity index (χ2v) is 8.24. The molecule has 1 spiro atoms. The summed E-state index contributed by atoms with van der Waals surface area (Å²) in [4.78, 5) is 23.0. The van der Waals surface area contributed by atoms with E-state index in [1.54, 1.807) is 0 Å². The van der Waals surface area contributed by atoms with Crippen LogP contribution < -0.4 is 5.32 Å². The van der Waals surface area contributed by atoms with Gasteiger partial charge in [-0.2, -0.15) is 13.2 Å². The van der Waals surface area contributed by atoms with Crippen LogP contribution in [0.15, 0.2) is 6.20 Å². The van der Waals surface area contributed by atoms with E-state index in [4.69, 9.17) is 0 Å². The van der Waals surface area contributed by atoms with E-state index in [-0.39, 0.29) is 49.5 Å². The molecular weight excluding hydrogens is 349 g/mol. The number of amides is 2. The van der Waals surface area contributed by atoms with Crippen molar-refractivity contribution in [1.29, 1.82) is 0 Å². The molecule has 1 unspecified atom stereocenters. The van der Waals surface area contributed by atoms with E-state index in [1.807, 2.05) is 0 Å². The number of hydrogen-bond donors (Lipinski definition) is 1. The lowest BCUT2D eigenvalue weighted by Gasteiger charge is -2.61. The Bertz CT molecular complexity index is 731. The van der Waals surface area contributed by atoms with Gasteiger partial charge in [-0.05, 0) is 37.5 Å². The number of hydrogen-bond acceptors (Lipinski definition) is 4. The molecule has 142 valence electrons. The fourth-order valence-electron chi connectivity index (χ4n) is 4.82. The largest absolute Gasteiger partial charge is 0.396 e. The van der Waals surface area contributed by atoms with E-state index < -0.39 is 17.5 Å². The average Bonchev–Trinajstić information content (AvgIpc) is 2.89. The topological polar surface area (TPSA) is 76.9 Å². The van der Waals surface area contributed by atoms with Gasteiger partial charge < -0.3 is 0 Å². The van der Waals surface area contributed by atoms with Crippen LogP contribution in [0.25, 0.3) is 0 Å². The highest BCUT2D eigenvalue weighted by Crippen LogP contribution is 2.69. The molecule has 0 radical (unpaired) electrons. The molecule has 2 aliphatic carbocycles. The monoisotopic (exact) mass is 370 g/mol. The number of imide groups is 1. The molecule has 1 atom stereocenters. The van der Waals surface area contributed by atoms with E-state index >= 15 is 0 Å². The van der Waals surface area contributed by atoms with Crippen molar-refractivity contribution in [3.63, 3.8) is 0 Å². The third kappa shape index (κ3) is 2.91. The normalized spacial score (nSPS) is 27.0. The zero-order valence-electron chi connectivity index (χ0n) is 14.3. The summed E-state index contributed by atoms with van der Waals surface area (Å²) in [6.07, 6.45) is 1.36. The van der Waals surface area contributed by atoms with Crippen molar-refractivity contribution < 1.29 is 22.8 Å². The SMILES string of the molecule is O=C1CCC(Cc2cn(CC3(C(F)(F)F)CC4(CCC4)C3)nn2)C(=O)N1.